The highest BCUT2D eigenvalue weighted by Crippen LogP contribution is 2.17. The van der Waals surface area contributed by atoms with Crippen molar-refractivity contribution in [2.75, 3.05) is 13.6 Å². The van der Waals surface area contributed by atoms with Crippen molar-refractivity contribution in [2.45, 2.75) is 13.8 Å². The van der Waals surface area contributed by atoms with E-state index in [0.717, 1.165) is 4.90 Å². The van der Waals surface area contributed by atoms with E-state index in [0.29, 0.717) is 0 Å². The maximum atomic E-state index is 11.5. The third-order valence-corrected chi connectivity index (χ3v) is 1.81. The van der Waals surface area contributed by atoms with Gasteiger partial charge in [0.2, 0.25) is 11.8 Å². The Bertz CT molecular complexity index is 273. The van der Waals surface area contributed by atoms with Crippen molar-refractivity contribution in [2.24, 2.45) is 11.1 Å². The average molecular weight is 202 g/mol. The van der Waals surface area contributed by atoms with Gasteiger partial charge in [0.15, 0.2) is 0 Å². The molecule has 0 saturated heterocycles. The third-order valence-electron chi connectivity index (χ3n) is 1.81. The van der Waals surface area contributed by atoms with E-state index >= 15 is 0 Å². The van der Waals surface area contributed by atoms with Gasteiger partial charge in [-0.2, -0.15) is 0 Å². The second-order valence-corrected chi connectivity index (χ2v) is 3.56. The van der Waals surface area contributed by atoms with Crippen molar-refractivity contribution < 1.29 is 19.5 Å². The number of carbonyl (C=O) groups excluding carboxylic acids is 2. The second-order valence-electron chi connectivity index (χ2n) is 3.56. The van der Waals surface area contributed by atoms with E-state index in [1.807, 2.05) is 0 Å². The van der Waals surface area contributed by atoms with Crippen LogP contribution in [0.1, 0.15) is 13.8 Å². The van der Waals surface area contributed by atoms with Gasteiger partial charge >= 0.3 is 5.97 Å². The van der Waals surface area contributed by atoms with E-state index in [1.54, 1.807) is 0 Å². The lowest BCUT2D eigenvalue weighted by Gasteiger charge is -2.24. The van der Waals surface area contributed by atoms with E-state index < -0.39 is 23.2 Å². The Hall–Kier alpha value is -1.59. The molecule has 0 fully saturated rings. The van der Waals surface area contributed by atoms with E-state index in [9.17, 15) is 14.4 Å². The van der Waals surface area contributed by atoms with E-state index in [4.69, 9.17) is 10.8 Å². The van der Waals surface area contributed by atoms with Crippen molar-refractivity contribution in [3.05, 3.63) is 0 Å². The Morgan fingerprint density at radius 3 is 2.07 bits per heavy atom. The summed E-state index contributed by atoms with van der Waals surface area (Å²) in [4.78, 5) is 33.7. The van der Waals surface area contributed by atoms with Crippen molar-refractivity contribution in [3.8, 4) is 0 Å². The van der Waals surface area contributed by atoms with Gasteiger partial charge in [-0.05, 0) is 13.8 Å². The molecule has 2 amide bonds. The molecule has 0 heterocycles. The van der Waals surface area contributed by atoms with Gasteiger partial charge in [0.25, 0.3) is 0 Å². The Labute approximate surface area is 81.7 Å². The zero-order valence-electron chi connectivity index (χ0n) is 8.40. The number of rotatable bonds is 4. The van der Waals surface area contributed by atoms with Gasteiger partial charge in [-0.1, -0.05) is 0 Å². The van der Waals surface area contributed by atoms with Gasteiger partial charge in [-0.25, -0.2) is 0 Å². The largest absolute Gasteiger partial charge is 0.480 e. The predicted molar refractivity (Wildman–Crippen MR) is 48.2 cm³/mol. The number of likely N-dealkylation sites (N-methyl/N-ethyl adjacent to an activating group) is 1. The minimum atomic E-state index is -1.54. The first-order chi connectivity index (χ1) is 6.19. The van der Waals surface area contributed by atoms with E-state index in [1.165, 1.54) is 20.9 Å². The van der Waals surface area contributed by atoms with Gasteiger partial charge in [-0.15, -0.1) is 0 Å². The van der Waals surface area contributed by atoms with Crippen LogP contribution in [0.3, 0.4) is 0 Å². The van der Waals surface area contributed by atoms with Crippen molar-refractivity contribution in [1.82, 2.24) is 4.90 Å². The third kappa shape index (κ3) is 2.72. The molecule has 3 N–H and O–H groups in total. The molecule has 0 rings (SSSR count). The van der Waals surface area contributed by atoms with Gasteiger partial charge in [0.1, 0.15) is 5.41 Å². The zero-order valence-corrected chi connectivity index (χ0v) is 8.40. The predicted octanol–water partition coefficient (Wildman–Crippen LogP) is -0.959. The van der Waals surface area contributed by atoms with Gasteiger partial charge in [0, 0.05) is 7.05 Å². The molecule has 0 radical (unpaired) electrons. The van der Waals surface area contributed by atoms with Gasteiger partial charge in [0.05, 0.1) is 6.54 Å². The fraction of sp³-hybridized carbons (Fsp3) is 0.625. The van der Waals surface area contributed by atoms with Crippen LogP contribution in [0.4, 0.5) is 0 Å². The van der Waals surface area contributed by atoms with E-state index in [-0.39, 0.29) is 6.54 Å². The number of carbonyl (C=O) groups is 3. The summed E-state index contributed by atoms with van der Waals surface area (Å²) in [6.45, 7) is 2.26. The molecular weight excluding hydrogens is 188 g/mol. The number of nitrogens with zero attached hydrogens (tertiary/aromatic N) is 1. The maximum Gasteiger partial charge on any atom is 0.318 e. The first-order valence-corrected chi connectivity index (χ1v) is 3.97. The Kier molecular flexibility index (Phi) is 3.62. The van der Waals surface area contributed by atoms with E-state index in [2.05, 4.69) is 0 Å². The molecule has 0 bridgehead atoms. The minimum Gasteiger partial charge on any atom is -0.480 e. The molecule has 6 heteroatoms. The molecule has 0 aromatic rings. The first-order valence-electron chi connectivity index (χ1n) is 3.97. The highest BCUT2D eigenvalue weighted by molar-refractivity contribution is 6.01. The molecule has 0 atom stereocenters. The van der Waals surface area contributed by atoms with Crippen LogP contribution in [-0.2, 0) is 14.4 Å². The summed E-state index contributed by atoms with van der Waals surface area (Å²) in [5, 5.41) is 8.73. The average Bonchev–Trinajstić information content (AvgIpc) is 2.01. The zero-order chi connectivity index (χ0) is 11.5. The smallest absolute Gasteiger partial charge is 0.318 e. The van der Waals surface area contributed by atoms with Crippen LogP contribution in [0.15, 0.2) is 0 Å². The quantitative estimate of drug-likeness (QED) is 0.573. The van der Waals surface area contributed by atoms with Gasteiger partial charge < -0.3 is 15.7 Å². The molecule has 0 spiro atoms. The lowest BCUT2D eigenvalue weighted by molar-refractivity contribution is -0.158. The van der Waals surface area contributed by atoms with Crippen LogP contribution >= 0.6 is 0 Å². The molecule has 0 saturated carbocycles. The highest BCUT2D eigenvalue weighted by atomic mass is 16.4. The molecule has 0 aromatic carbocycles. The summed E-state index contributed by atoms with van der Waals surface area (Å²) in [5.41, 5.74) is 3.33. The van der Waals surface area contributed by atoms with Crippen LogP contribution in [-0.4, -0.2) is 41.4 Å². The number of nitrogens with two attached hydrogens (primary N) is 1. The summed E-state index contributed by atoms with van der Waals surface area (Å²) in [6.07, 6.45) is 0. The van der Waals surface area contributed by atoms with Crippen LogP contribution in [0, 0.1) is 5.41 Å². The number of carboxylic acid groups (broad SMARTS) is 1. The fourth-order valence-electron chi connectivity index (χ4n) is 0.874. The topological polar surface area (TPSA) is 101 Å². The normalized spacial score (nSPS) is 10.8. The second kappa shape index (κ2) is 4.08. The molecule has 0 unspecified atom stereocenters. The number of amides is 2. The lowest BCUT2D eigenvalue weighted by Crippen LogP contribution is -2.46. The monoisotopic (exact) mass is 202 g/mol. The molecule has 14 heavy (non-hydrogen) atoms. The molecule has 80 valence electrons. The van der Waals surface area contributed by atoms with Crippen molar-refractivity contribution >= 4 is 17.8 Å². The Balaban J connectivity index is 4.61. The molecule has 0 aromatic heterocycles. The molecule has 6 nitrogen and oxygen atoms in total. The number of aliphatic carboxylic acids is 1. The number of carboxylic acids is 1. The van der Waals surface area contributed by atoms with Crippen LogP contribution in [0.5, 0.6) is 0 Å². The molecule has 0 aliphatic carbocycles. The Morgan fingerprint density at radius 2 is 1.79 bits per heavy atom. The summed E-state index contributed by atoms with van der Waals surface area (Å²) in [5.74, 6) is -2.57. The molecule has 0 aliphatic rings. The summed E-state index contributed by atoms with van der Waals surface area (Å²) in [6, 6.07) is 0. The maximum absolute atomic E-state index is 11.5. The summed E-state index contributed by atoms with van der Waals surface area (Å²) in [7, 11) is 1.33. The number of hydrogen-bond donors (Lipinski definition) is 2. The summed E-state index contributed by atoms with van der Waals surface area (Å²) < 4.78 is 0. The van der Waals surface area contributed by atoms with Crippen molar-refractivity contribution in [3.63, 3.8) is 0 Å². The molecule has 0 aliphatic heterocycles. The fourth-order valence-corrected chi connectivity index (χ4v) is 0.874. The Morgan fingerprint density at radius 1 is 1.36 bits per heavy atom. The SMILES string of the molecule is CN(CC(N)=O)C(=O)C(C)(C)C(=O)O. The van der Waals surface area contributed by atoms with Crippen LogP contribution in [0.2, 0.25) is 0 Å². The van der Waals surface area contributed by atoms with Gasteiger partial charge in [-0.3, -0.25) is 14.4 Å². The standard InChI is InChI=1S/C8H14N2O4/c1-8(2,7(13)14)6(12)10(3)4-5(9)11/h4H2,1-3H3,(H2,9,11)(H,13,14). The van der Waals surface area contributed by atoms with Crippen molar-refractivity contribution in [1.29, 1.82) is 0 Å². The van der Waals surface area contributed by atoms with Crippen LogP contribution < -0.4 is 5.73 Å². The van der Waals surface area contributed by atoms with Crippen LogP contribution in [0.25, 0.3) is 0 Å². The minimum absolute atomic E-state index is 0.282. The number of primary amides is 1. The first kappa shape index (κ1) is 12.4. The summed E-state index contributed by atoms with van der Waals surface area (Å²) >= 11 is 0. The lowest BCUT2D eigenvalue weighted by atomic mass is 9.92. The highest BCUT2D eigenvalue weighted by Gasteiger charge is 2.38. The molecular formula is C8H14N2O4. The number of hydrogen-bond acceptors (Lipinski definition) is 3.